The molecule has 0 unspecified atom stereocenters. The number of hydrogen-bond donors (Lipinski definition) is 0. The first-order valence-electron chi connectivity index (χ1n) is 8.72. The van der Waals surface area contributed by atoms with Crippen molar-refractivity contribution in [2.24, 2.45) is 7.05 Å². The summed E-state index contributed by atoms with van der Waals surface area (Å²) < 4.78 is 7.35. The van der Waals surface area contributed by atoms with Crippen molar-refractivity contribution in [3.63, 3.8) is 0 Å². The Labute approximate surface area is 158 Å². The van der Waals surface area contributed by atoms with E-state index in [1.807, 2.05) is 62.6 Å². The normalized spacial score (nSPS) is 10.7. The van der Waals surface area contributed by atoms with Crippen molar-refractivity contribution in [3.8, 4) is 34.2 Å². The highest BCUT2D eigenvalue weighted by Gasteiger charge is 2.14. The Bertz CT molecular complexity index is 1180. The van der Waals surface area contributed by atoms with Crippen LogP contribution in [0.1, 0.15) is 11.1 Å². The molecule has 0 bridgehead atoms. The maximum atomic E-state index is 9.23. The molecule has 0 atom stereocenters. The molecule has 4 aromatic rings. The van der Waals surface area contributed by atoms with Crippen LogP contribution in [0.2, 0.25) is 0 Å². The zero-order valence-electron chi connectivity index (χ0n) is 15.5. The van der Waals surface area contributed by atoms with E-state index >= 15 is 0 Å². The first kappa shape index (κ1) is 16.9. The van der Waals surface area contributed by atoms with Crippen molar-refractivity contribution in [1.82, 2.24) is 9.55 Å². The standard InChI is InChI=1S/C23H19N3O/c1-15-12-17(4-5-18(15)14-24)20-13-22-21(10-11-26(22)2)25-23(20)16-6-8-19(27-3)9-7-16/h4-13H,1-3H3. The van der Waals surface area contributed by atoms with Gasteiger partial charge in [-0.1, -0.05) is 12.1 Å². The lowest BCUT2D eigenvalue weighted by Gasteiger charge is -2.12. The predicted octanol–water partition coefficient (Wildman–Crippen LogP) is 5.10. The van der Waals surface area contributed by atoms with Gasteiger partial charge in [0.25, 0.3) is 0 Å². The van der Waals surface area contributed by atoms with Crippen LogP contribution in [0.4, 0.5) is 0 Å². The molecule has 0 saturated carbocycles. The average molecular weight is 353 g/mol. The molecule has 2 aromatic heterocycles. The molecule has 4 heteroatoms. The molecule has 2 aromatic carbocycles. The number of methoxy groups -OCH3 is 1. The third-order valence-electron chi connectivity index (χ3n) is 4.89. The van der Waals surface area contributed by atoms with E-state index < -0.39 is 0 Å². The highest BCUT2D eigenvalue weighted by atomic mass is 16.5. The lowest BCUT2D eigenvalue weighted by Crippen LogP contribution is -1.94. The minimum Gasteiger partial charge on any atom is -0.497 e. The number of fused-ring (bicyclic) bond motifs is 1. The van der Waals surface area contributed by atoms with Crippen molar-refractivity contribution in [2.45, 2.75) is 6.92 Å². The summed E-state index contributed by atoms with van der Waals surface area (Å²) in [5, 5.41) is 9.23. The molecular formula is C23H19N3O. The lowest BCUT2D eigenvalue weighted by molar-refractivity contribution is 0.415. The van der Waals surface area contributed by atoms with Gasteiger partial charge in [0.1, 0.15) is 5.75 Å². The van der Waals surface area contributed by atoms with Crippen LogP contribution in [-0.4, -0.2) is 16.7 Å². The molecule has 0 saturated heterocycles. The Morgan fingerprint density at radius 1 is 1.00 bits per heavy atom. The summed E-state index contributed by atoms with van der Waals surface area (Å²) in [6, 6.07) is 20.3. The molecule has 132 valence electrons. The summed E-state index contributed by atoms with van der Waals surface area (Å²) in [6.45, 7) is 1.96. The van der Waals surface area contributed by atoms with E-state index in [-0.39, 0.29) is 0 Å². The topological polar surface area (TPSA) is 50.8 Å². The maximum absolute atomic E-state index is 9.23. The zero-order valence-corrected chi connectivity index (χ0v) is 15.5. The van der Waals surface area contributed by atoms with Crippen LogP contribution < -0.4 is 4.74 Å². The number of hydrogen-bond acceptors (Lipinski definition) is 3. The second kappa shape index (κ2) is 6.62. The van der Waals surface area contributed by atoms with E-state index in [4.69, 9.17) is 9.72 Å². The number of aromatic nitrogens is 2. The fourth-order valence-electron chi connectivity index (χ4n) is 3.33. The second-order valence-corrected chi connectivity index (χ2v) is 6.59. The highest BCUT2D eigenvalue weighted by molar-refractivity contribution is 5.90. The third kappa shape index (κ3) is 2.94. The number of benzene rings is 2. The first-order valence-corrected chi connectivity index (χ1v) is 8.72. The van der Waals surface area contributed by atoms with Crippen LogP contribution in [0.3, 0.4) is 0 Å². The maximum Gasteiger partial charge on any atom is 0.118 e. The number of pyridine rings is 1. The van der Waals surface area contributed by atoms with E-state index in [0.29, 0.717) is 5.56 Å². The number of nitriles is 1. The van der Waals surface area contributed by atoms with Crippen LogP contribution >= 0.6 is 0 Å². The zero-order chi connectivity index (χ0) is 19.0. The van der Waals surface area contributed by atoms with Gasteiger partial charge in [-0.05, 0) is 60.5 Å². The van der Waals surface area contributed by atoms with Gasteiger partial charge in [-0.3, -0.25) is 0 Å². The fraction of sp³-hybridized carbons (Fsp3) is 0.130. The minimum absolute atomic E-state index is 0.692. The minimum atomic E-state index is 0.692. The van der Waals surface area contributed by atoms with E-state index in [2.05, 4.69) is 22.8 Å². The molecule has 4 nitrogen and oxygen atoms in total. The van der Waals surface area contributed by atoms with Gasteiger partial charge in [0.15, 0.2) is 0 Å². The van der Waals surface area contributed by atoms with Crippen LogP contribution in [-0.2, 0) is 7.05 Å². The Morgan fingerprint density at radius 3 is 2.41 bits per heavy atom. The van der Waals surface area contributed by atoms with E-state index in [9.17, 15) is 5.26 Å². The van der Waals surface area contributed by atoms with E-state index in [1.165, 1.54) is 0 Å². The molecular weight excluding hydrogens is 334 g/mol. The SMILES string of the molecule is COc1ccc(-c2nc3ccn(C)c3cc2-c2ccc(C#N)c(C)c2)cc1. The summed E-state index contributed by atoms with van der Waals surface area (Å²) in [4.78, 5) is 4.94. The molecule has 0 fully saturated rings. The van der Waals surface area contributed by atoms with Gasteiger partial charge in [-0.2, -0.15) is 5.26 Å². The Morgan fingerprint density at radius 2 is 1.74 bits per heavy atom. The van der Waals surface area contributed by atoms with Crippen molar-refractivity contribution in [3.05, 3.63) is 71.9 Å². The Kier molecular flexibility index (Phi) is 4.13. The molecule has 0 aliphatic heterocycles. The highest BCUT2D eigenvalue weighted by Crippen LogP contribution is 2.35. The molecule has 0 spiro atoms. The third-order valence-corrected chi connectivity index (χ3v) is 4.89. The summed E-state index contributed by atoms with van der Waals surface area (Å²) in [5.74, 6) is 0.815. The van der Waals surface area contributed by atoms with Gasteiger partial charge >= 0.3 is 0 Å². The fourth-order valence-corrected chi connectivity index (χ4v) is 3.33. The average Bonchev–Trinajstić information content (AvgIpc) is 3.07. The van der Waals surface area contributed by atoms with Gasteiger partial charge in [-0.15, -0.1) is 0 Å². The van der Waals surface area contributed by atoms with Gasteiger partial charge in [-0.25, -0.2) is 4.98 Å². The number of aryl methyl sites for hydroxylation is 2. The van der Waals surface area contributed by atoms with Crippen LogP contribution in [0.15, 0.2) is 60.8 Å². The van der Waals surface area contributed by atoms with E-state index in [0.717, 1.165) is 44.7 Å². The molecule has 0 aliphatic carbocycles. The molecule has 27 heavy (non-hydrogen) atoms. The number of nitrogens with zero attached hydrogens (tertiary/aromatic N) is 3. The molecule has 0 N–H and O–H groups in total. The molecule has 2 heterocycles. The van der Waals surface area contributed by atoms with Crippen molar-refractivity contribution in [2.75, 3.05) is 7.11 Å². The largest absolute Gasteiger partial charge is 0.497 e. The monoisotopic (exact) mass is 353 g/mol. The summed E-state index contributed by atoms with van der Waals surface area (Å²) >= 11 is 0. The summed E-state index contributed by atoms with van der Waals surface area (Å²) in [6.07, 6.45) is 2.02. The Hall–Kier alpha value is -3.58. The summed E-state index contributed by atoms with van der Waals surface area (Å²) in [7, 11) is 3.68. The van der Waals surface area contributed by atoms with Crippen molar-refractivity contribution >= 4 is 11.0 Å². The molecule has 0 radical (unpaired) electrons. The first-order chi connectivity index (χ1) is 13.1. The molecule has 0 aliphatic rings. The van der Waals surface area contributed by atoms with Gasteiger partial charge in [0.05, 0.1) is 35.5 Å². The van der Waals surface area contributed by atoms with E-state index in [1.54, 1.807) is 7.11 Å². The van der Waals surface area contributed by atoms with Crippen molar-refractivity contribution in [1.29, 1.82) is 5.26 Å². The number of ether oxygens (including phenoxy) is 1. The molecule has 0 amide bonds. The van der Waals surface area contributed by atoms with Crippen LogP contribution in [0, 0.1) is 18.3 Å². The number of rotatable bonds is 3. The van der Waals surface area contributed by atoms with Crippen molar-refractivity contribution < 1.29 is 4.74 Å². The van der Waals surface area contributed by atoms with Crippen LogP contribution in [0.25, 0.3) is 33.4 Å². The smallest absolute Gasteiger partial charge is 0.118 e. The molecule has 4 rings (SSSR count). The van der Waals surface area contributed by atoms with Gasteiger partial charge in [0, 0.05) is 24.4 Å². The Balaban J connectivity index is 1.97. The lowest BCUT2D eigenvalue weighted by atomic mass is 9.96. The predicted molar refractivity (Wildman–Crippen MR) is 108 cm³/mol. The quantitative estimate of drug-likeness (QED) is 0.515. The van der Waals surface area contributed by atoms with Gasteiger partial charge < -0.3 is 9.30 Å². The van der Waals surface area contributed by atoms with Gasteiger partial charge in [0.2, 0.25) is 0 Å². The van der Waals surface area contributed by atoms with Crippen LogP contribution in [0.5, 0.6) is 5.75 Å². The summed E-state index contributed by atoms with van der Waals surface area (Å²) in [5.41, 5.74) is 7.72. The second-order valence-electron chi connectivity index (χ2n) is 6.59.